The van der Waals surface area contributed by atoms with Crippen LogP contribution >= 0.6 is 18.1 Å². The second-order valence-electron chi connectivity index (χ2n) is 8.17. The molecule has 0 saturated carbocycles. The van der Waals surface area contributed by atoms with Crippen LogP contribution in [0.4, 0.5) is 5.95 Å². The topological polar surface area (TPSA) is 184 Å². The van der Waals surface area contributed by atoms with Crippen molar-refractivity contribution in [2.24, 2.45) is 0 Å². The first-order valence-corrected chi connectivity index (χ1v) is 13.5. The van der Waals surface area contributed by atoms with E-state index in [2.05, 4.69) is 20.0 Å². The molecular formula is C18H27N6O7PS. The molecule has 0 aliphatic carbocycles. The number of carbonyl (C=O) groups excluding carboxylic acids is 1. The summed E-state index contributed by atoms with van der Waals surface area (Å²) < 4.78 is 31.4. The molecule has 2 aliphatic rings. The highest BCUT2D eigenvalue weighted by Gasteiger charge is 2.54. The normalized spacial score (nSPS) is 34.9. The molecular weight excluding hydrogens is 475 g/mol. The lowest BCUT2D eigenvalue weighted by Crippen LogP contribution is -2.44. The number of ketones is 1. The fraction of sp³-hybridized carbons (Fsp3) is 0.667. The van der Waals surface area contributed by atoms with E-state index in [4.69, 9.17) is 19.7 Å². The number of aliphatic hydroxyl groups is 2. The maximum atomic E-state index is 13.2. The molecule has 2 fully saturated rings. The van der Waals surface area contributed by atoms with Crippen molar-refractivity contribution in [2.45, 2.75) is 56.8 Å². The minimum atomic E-state index is -3.42. The standard InChI is InChI=1S/C18H27N6O7PS/c1-9(25)10-5-4-6-33-32(28,23-10)30-7-11-13(26)18(2,27)16(31-11)24-8-20-12-14(24)21-17(19)22-15(12)29-3/h8,10-11,13,16,26-27H,4-7H2,1-3H3,(H,23,28)(H2,19,21,22)/t10-,11+,13+,16+,18+,32+/m0/s1. The first kappa shape index (κ1) is 24.3. The van der Waals surface area contributed by atoms with Crippen LogP contribution in [0, 0.1) is 0 Å². The molecule has 33 heavy (non-hydrogen) atoms. The van der Waals surface area contributed by atoms with Crippen LogP contribution in [-0.4, -0.2) is 78.8 Å². The van der Waals surface area contributed by atoms with Gasteiger partial charge in [0.2, 0.25) is 11.8 Å². The SMILES string of the molecule is COc1nc(N)nc2c1ncn2[C@@H]1O[C@H](CO[P@]2(=O)N[C@H](C(C)=O)CCCS2)[C@@H](O)[C@@]1(C)O. The smallest absolute Gasteiger partial charge is 0.327 e. The highest BCUT2D eigenvalue weighted by molar-refractivity contribution is 8.56. The molecule has 4 rings (SSSR count). The lowest BCUT2D eigenvalue weighted by Gasteiger charge is -2.27. The van der Waals surface area contributed by atoms with E-state index in [0.717, 1.165) is 17.8 Å². The Kier molecular flexibility index (Phi) is 6.71. The number of rotatable bonds is 6. The third-order valence-corrected chi connectivity index (χ3v) is 9.85. The Morgan fingerprint density at radius 1 is 1.52 bits per heavy atom. The van der Waals surface area contributed by atoms with Crippen LogP contribution in [0.3, 0.4) is 0 Å². The van der Waals surface area contributed by atoms with Gasteiger partial charge in [-0.25, -0.2) is 10.1 Å². The molecule has 2 aliphatic heterocycles. The van der Waals surface area contributed by atoms with Gasteiger partial charge in [-0.2, -0.15) is 9.97 Å². The Labute approximate surface area is 193 Å². The number of nitrogens with two attached hydrogens (primary N) is 1. The van der Waals surface area contributed by atoms with Crippen molar-refractivity contribution in [1.82, 2.24) is 24.6 Å². The van der Waals surface area contributed by atoms with Crippen LogP contribution in [0.2, 0.25) is 0 Å². The second-order valence-corrected chi connectivity index (χ2v) is 12.6. The van der Waals surface area contributed by atoms with E-state index in [1.807, 2.05) is 0 Å². The summed E-state index contributed by atoms with van der Waals surface area (Å²) in [5.74, 6) is 0.537. The summed E-state index contributed by atoms with van der Waals surface area (Å²) in [5.41, 5.74) is 4.54. The largest absolute Gasteiger partial charge is 0.479 e. The molecule has 13 nitrogen and oxygen atoms in total. The Morgan fingerprint density at radius 2 is 2.27 bits per heavy atom. The van der Waals surface area contributed by atoms with Gasteiger partial charge < -0.3 is 29.9 Å². The number of hydrogen-bond donors (Lipinski definition) is 4. The fourth-order valence-electron chi connectivity index (χ4n) is 3.90. The molecule has 6 atom stereocenters. The first-order chi connectivity index (χ1) is 15.6. The molecule has 2 aromatic heterocycles. The quantitative estimate of drug-likeness (QED) is 0.404. The lowest BCUT2D eigenvalue weighted by atomic mass is 9.96. The summed E-state index contributed by atoms with van der Waals surface area (Å²) in [5, 5.41) is 24.7. The van der Waals surface area contributed by atoms with E-state index in [9.17, 15) is 19.6 Å². The number of hydrogen-bond acceptors (Lipinski definition) is 12. The number of imidazole rings is 1. The summed E-state index contributed by atoms with van der Waals surface area (Å²) in [7, 11) is 1.41. The number of methoxy groups -OCH3 is 1. The number of anilines is 1. The lowest BCUT2D eigenvalue weighted by molar-refractivity contribution is -0.118. The van der Waals surface area contributed by atoms with Gasteiger partial charge in [-0.1, -0.05) is 11.4 Å². The minimum absolute atomic E-state index is 0.0613. The van der Waals surface area contributed by atoms with Crippen molar-refractivity contribution in [3.63, 3.8) is 0 Å². The average Bonchev–Trinajstić information content (AvgIpc) is 3.18. The van der Waals surface area contributed by atoms with E-state index in [1.54, 1.807) is 0 Å². The Hall–Kier alpha value is -1.80. The van der Waals surface area contributed by atoms with Gasteiger partial charge in [0, 0.05) is 5.75 Å². The molecule has 0 unspecified atom stereocenters. The van der Waals surface area contributed by atoms with Gasteiger partial charge in [0.15, 0.2) is 17.4 Å². The third-order valence-electron chi connectivity index (χ3n) is 5.72. The van der Waals surface area contributed by atoms with Gasteiger partial charge in [0.25, 0.3) is 0 Å². The van der Waals surface area contributed by atoms with Crippen LogP contribution < -0.4 is 15.6 Å². The van der Waals surface area contributed by atoms with Gasteiger partial charge in [0.05, 0.1) is 26.1 Å². The van der Waals surface area contributed by atoms with Gasteiger partial charge in [-0.15, -0.1) is 0 Å². The summed E-state index contributed by atoms with van der Waals surface area (Å²) in [6.45, 7) is -0.858. The van der Waals surface area contributed by atoms with Crippen LogP contribution in [0.1, 0.15) is 32.9 Å². The number of aliphatic hydroxyl groups excluding tert-OH is 1. The highest BCUT2D eigenvalue weighted by atomic mass is 32.7. The molecule has 5 N–H and O–H groups in total. The van der Waals surface area contributed by atoms with Crippen molar-refractivity contribution < 1.29 is 33.6 Å². The summed E-state index contributed by atoms with van der Waals surface area (Å²) in [6, 6.07) is -0.562. The fourth-order valence-corrected chi connectivity index (χ4v) is 7.82. The van der Waals surface area contributed by atoms with Crippen LogP contribution in [0.25, 0.3) is 11.2 Å². The predicted molar refractivity (Wildman–Crippen MR) is 120 cm³/mol. The van der Waals surface area contributed by atoms with E-state index in [-0.39, 0.29) is 29.9 Å². The van der Waals surface area contributed by atoms with Crippen LogP contribution in [0.5, 0.6) is 5.88 Å². The average molecular weight is 502 g/mol. The Morgan fingerprint density at radius 3 is 2.97 bits per heavy atom. The number of carbonyl (C=O) groups is 1. The molecule has 0 aromatic carbocycles. The van der Waals surface area contributed by atoms with Crippen molar-refractivity contribution in [3.8, 4) is 5.88 Å². The third kappa shape index (κ3) is 4.61. The van der Waals surface area contributed by atoms with E-state index in [1.165, 1.54) is 31.9 Å². The minimum Gasteiger partial charge on any atom is -0.479 e. The highest BCUT2D eigenvalue weighted by Crippen LogP contribution is 2.58. The Balaban J connectivity index is 1.55. The first-order valence-electron chi connectivity index (χ1n) is 10.3. The molecule has 182 valence electrons. The van der Waals surface area contributed by atoms with Crippen molar-refractivity contribution in [2.75, 3.05) is 25.2 Å². The number of nitrogen functional groups attached to an aromatic ring is 1. The zero-order chi connectivity index (χ0) is 24.0. The van der Waals surface area contributed by atoms with Gasteiger partial charge in [-0.3, -0.25) is 13.9 Å². The van der Waals surface area contributed by atoms with Crippen LogP contribution in [-0.2, 0) is 18.6 Å². The van der Waals surface area contributed by atoms with Crippen molar-refractivity contribution in [3.05, 3.63) is 6.33 Å². The number of nitrogens with zero attached hydrogens (tertiary/aromatic N) is 4. The molecule has 0 bridgehead atoms. The van der Waals surface area contributed by atoms with E-state index >= 15 is 0 Å². The molecule has 0 spiro atoms. The van der Waals surface area contributed by atoms with Crippen LogP contribution in [0.15, 0.2) is 6.33 Å². The van der Waals surface area contributed by atoms with Gasteiger partial charge >= 0.3 is 6.72 Å². The number of aromatic nitrogens is 4. The monoisotopic (exact) mass is 502 g/mol. The maximum Gasteiger partial charge on any atom is 0.327 e. The van der Waals surface area contributed by atoms with Gasteiger partial charge in [-0.05, 0) is 26.7 Å². The summed E-state index contributed by atoms with van der Waals surface area (Å²) >= 11 is 1.11. The van der Waals surface area contributed by atoms with E-state index < -0.39 is 36.8 Å². The number of Topliss-reactive ketones (excluding diaryl/α,β-unsaturated/α-hetero) is 1. The summed E-state index contributed by atoms with van der Waals surface area (Å²) in [6.07, 6.45) is -0.846. The molecule has 0 amide bonds. The van der Waals surface area contributed by atoms with Gasteiger partial charge in [0.1, 0.15) is 23.6 Å². The zero-order valence-electron chi connectivity index (χ0n) is 18.4. The predicted octanol–water partition coefficient (Wildman–Crippen LogP) is 0.625. The number of ether oxygens (including phenoxy) is 2. The number of nitrogens with one attached hydrogen (secondary N) is 1. The number of fused-ring (bicyclic) bond motifs is 1. The molecule has 2 aromatic rings. The van der Waals surface area contributed by atoms with Crippen molar-refractivity contribution >= 4 is 41.0 Å². The molecule has 4 heterocycles. The Bertz CT molecular complexity index is 1100. The summed E-state index contributed by atoms with van der Waals surface area (Å²) in [4.78, 5) is 24.2. The maximum absolute atomic E-state index is 13.2. The molecule has 2 saturated heterocycles. The van der Waals surface area contributed by atoms with Crippen molar-refractivity contribution in [1.29, 1.82) is 0 Å². The van der Waals surface area contributed by atoms with E-state index in [0.29, 0.717) is 17.7 Å². The second kappa shape index (κ2) is 9.10. The molecule has 0 radical (unpaired) electrons. The molecule has 15 heteroatoms. The zero-order valence-corrected chi connectivity index (χ0v) is 20.1.